The van der Waals surface area contributed by atoms with Crippen LogP contribution in [0, 0.1) is 6.92 Å². The zero-order chi connectivity index (χ0) is 23.4. The number of pyridine rings is 3. The molecule has 0 atom stereocenters. The van der Waals surface area contributed by atoms with E-state index < -0.39 is 0 Å². The number of piperazine rings is 1. The Morgan fingerprint density at radius 2 is 1.82 bits per heavy atom. The van der Waals surface area contributed by atoms with Crippen molar-refractivity contribution in [2.75, 3.05) is 42.1 Å². The summed E-state index contributed by atoms with van der Waals surface area (Å²) in [6.07, 6.45) is 5.27. The van der Waals surface area contributed by atoms with Gasteiger partial charge in [-0.3, -0.25) is 19.6 Å². The summed E-state index contributed by atoms with van der Waals surface area (Å²) >= 11 is 0. The largest absolute Gasteiger partial charge is 0.397 e. The van der Waals surface area contributed by atoms with Crippen molar-refractivity contribution < 1.29 is 9.59 Å². The summed E-state index contributed by atoms with van der Waals surface area (Å²) in [5.41, 5.74) is 10.8. The Morgan fingerprint density at radius 1 is 1.03 bits per heavy atom. The maximum atomic E-state index is 12.5. The van der Waals surface area contributed by atoms with Crippen molar-refractivity contribution in [3.05, 3.63) is 60.2 Å². The van der Waals surface area contributed by atoms with E-state index in [4.69, 9.17) is 5.73 Å². The normalized spacial score (nSPS) is 13.6. The molecule has 2 amide bonds. The van der Waals surface area contributed by atoms with Crippen molar-refractivity contribution in [2.45, 2.75) is 20.3 Å². The highest BCUT2D eigenvalue weighted by Crippen LogP contribution is 2.24. The van der Waals surface area contributed by atoms with Crippen LogP contribution in [0.25, 0.3) is 11.3 Å². The van der Waals surface area contributed by atoms with Gasteiger partial charge in [0.1, 0.15) is 5.82 Å². The third-order valence-electron chi connectivity index (χ3n) is 5.61. The fourth-order valence-electron chi connectivity index (χ4n) is 3.86. The van der Waals surface area contributed by atoms with Crippen LogP contribution < -0.4 is 16.0 Å². The van der Waals surface area contributed by atoms with Crippen molar-refractivity contribution in [3.63, 3.8) is 0 Å². The van der Waals surface area contributed by atoms with E-state index in [1.807, 2.05) is 30.0 Å². The molecule has 9 heteroatoms. The van der Waals surface area contributed by atoms with E-state index in [1.165, 1.54) is 0 Å². The van der Waals surface area contributed by atoms with Gasteiger partial charge in [0.2, 0.25) is 11.8 Å². The standard InChI is InChI=1S/C24H27N7O2/c1-16-11-19(5-6-26-16)24-21(25)12-18(14-28-24)13-23(33)29-22-4-3-20(15-27-22)31-9-7-30(8-10-31)17(2)32/h3-6,11-12,14-15H,7-10,13,25H2,1-2H3,(H,27,29,33). The van der Waals surface area contributed by atoms with Gasteiger partial charge in [-0.05, 0) is 42.8 Å². The molecule has 3 aromatic heterocycles. The van der Waals surface area contributed by atoms with E-state index in [9.17, 15) is 9.59 Å². The molecule has 0 radical (unpaired) electrons. The molecule has 4 rings (SSSR count). The number of hydrogen-bond acceptors (Lipinski definition) is 7. The molecular formula is C24H27N7O2. The molecule has 0 unspecified atom stereocenters. The van der Waals surface area contributed by atoms with E-state index in [0.717, 1.165) is 35.6 Å². The molecule has 1 aliphatic heterocycles. The fraction of sp³-hybridized carbons (Fsp3) is 0.292. The van der Waals surface area contributed by atoms with Gasteiger partial charge in [-0.1, -0.05) is 0 Å². The van der Waals surface area contributed by atoms with Gasteiger partial charge >= 0.3 is 0 Å². The zero-order valence-electron chi connectivity index (χ0n) is 18.8. The van der Waals surface area contributed by atoms with Crippen molar-refractivity contribution in [1.29, 1.82) is 0 Å². The smallest absolute Gasteiger partial charge is 0.230 e. The van der Waals surface area contributed by atoms with Gasteiger partial charge in [0.25, 0.3) is 0 Å². The lowest BCUT2D eigenvalue weighted by Crippen LogP contribution is -2.48. The second-order valence-corrected chi connectivity index (χ2v) is 8.09. The number of rotatable bonds is 5. The molecule has 1 fully saturated rings. The highest BCUT2D eigenvalue weighted by atomic mass is 16.2. The molecule has 3 N–H and O–H groups in total. The first kappa shape index (κ1) is 22.2. The summed E-state index contributed by atoms with van der Waals surface area (Å²) in [4.78, 5) is 41.0. The lowest BCUT2D eigenvalue weighted by atomic mass is 10.1. The van der Waals surface area contributed by atoms with Crippen molar-refractivity contribution in [1.82, 2.24) is 19.9 Å². The van der Waals surface area contributed by atoms with Crippen LogP contribution in [0.1, 0.15) is 18.2 Å². The summed E-state index contributed by atoms with van der Waals surface area (Å²) in [6, 6.07) is 9.26. The van der Waals surface area contributed by atoms with Crippen LogP contribution >= 0.6 is 0 Å². The molecule has 0 saturated carbocycles. The van der Waals surface area contributed by atoms with Crippen molar-refractivity contribution in [3.8, 4) is 11.3 Å². The second kappa shape index (κ2) is 9.64. The maximum absolute atomic E-state index is 12.5. The Morgan fingerprint density at radius 3 is 2.45 bits per heavy atom. The fourth-order valence-corrected chi connectivity index (χ4v) is 3.86. The summed E-state index contributed by atoms with van der Waals surface area (Å²) in [5, 5.41) is 2.82. The van der Waals surface area contributed by atoms with E-state index >= 15 is 0 Å². The maximum Gasteiger partial charge on any atom is 0.230 e. The molecule has 0 aromatic carbocycles. The van der Waals surface area contributed by atoms with Gasteiger partial charge in [-0.15, -0.1) is 0 Å². The molecule has 4 heterocycles. The number of nitrogens with two attached hydrogens (primary N) is 1. The van der Waals surface area contributed by atoms with Crippen LogP contribution in [-0.4, -0.2) is 57.8 Å². The van der Waals surface area contributed by atoms with Crippen LogP contribution in [-0.2, 0) is 16.0 Å². The van der Waals surface area contributed by atoms with Crippen LogP contribution in [0.3, 0.4) is 0 Å². The third-order valence-corrected chi connectivity index (χ3v) is 5.61. The van der Waals surface area contributed by atoms with Gasteiger partial charge in [-0.25, -0.2) is 4.98 Å². The summed E-state index contributed by atoms with van der Waals surface area (Å²) in [7, 11) is 0. The van der Waals surface area contributed by atoms with E-state index in [2.05, 4.69) is 25.2 Å². The first-order chi connectivity index (χ1) is 15.9. The lowest BCUT2D eigenvalue weighted by molar-refractivity contribution is -0.129. The minimum atomic E-state index is -0.195. The minimum Gasteiger partial charge on any atom is -0.397 e. The Bertz CT molecular complexity index is 1160. The number of carbonyl (C=O) groups excluding carboxylic acids is 2. The number of carbonyl (C=O) groups is 2. The van der Waals surface area contributed by atoms with E-state index in [0.29, 0.717) is 30.3 Å². The topological polar surface area (TPSA) is 117 Å². The molecular weight excluding hydrogens is 418 g/mol. The highest BCUT2D eigenvalue weighted by molar-refractivity contribution is 5.91. The molecule has 9 nitrogen and oxygen atoms in total. The van der Waals surface area contributed by atoms with Crippen LogP contribution in [0.2, 0.25) is 0 Å². The minimum absolute atomic E-state index is 0.102. The Labute approximate surface area is 192 Å². The molecule has 1 saturated heterocycles. The summed E-state index contributed by atoms with van der Waals surface area (Å²) in [6.45, 7) is 6.42. The molecule has 33 heavy (non-hydrogen) atoms. The zero-order valence-corrected chi connectivity index (χ0v) is 18.8. The number of aromatic nitrogens is 3. The van der Waals surface area contributed by atoms with E-state index in [1.54, 1.807) is 37.6 Å². The first-order valence-corrected chi connectivity index (χ1v) is 10.8. The van der Waals surface area contributed by atoms with Crippen LogP contribution in [0.4, 0.5) is 17.2 Å². The number of nitrogens with one attached hydrogen (secondary N) is 1. The lowest BCUT2D eigenvalue weighted by Gasteiger charge is -2.35. The number of hydrogen-bond donors (Lipinski definition) is 2. The number of nitrogen functional groups attached to an aromatic ring is 1. The number of aryl methyl sites for hydroxylation is 1. The second-order valence-electron chi connectivity index (χ2n) is 8.09. The molecule has 0 spiro atoms. The Hall–Kier alpha value is -4.01. The predicted molar refractivity (Wildman–Crippen MR) is 128 cm³/mol. The molecule has 0 aliphatic carbocycles. The number of amides is 2. The molecule has 1 aliphatic rings. The predicted octanol–water partition coefficient (Wildman–Crippen LogP) is 2.28. The Kier molecular flexibility index (Phi) is 6.48. The average Bonchev–Trinajstić information content (AvgIpc) is 2.79. The quantitative estimate of drug-likeness (QED) is 0.619. The van der Waals surface area contributed by atoms with Crippen molar-refractivity contribution in [2.24, 2.45) is 0 Å². The highest BCUT2D eigenvalue weighted by Gasteiger charge is 2.19. The third kappa shape index (κ3) is 5.43. The van der Waals surface area contributed by atoms with Crippen LogP contribution in [0.15, 0.2) is 48.9 Å². The van der Waals surface area contributed by atoms with Gasteiger partial charge in [0, 0.05) is 56.8 Å². The van der Waals surface area contributed by atoms with Crippen molar-refractivity contribution >= 4 is 29.0 Å². The van der Waals surface area contributed by atoms with Crippen LogP contribution in [0.5, 0.6) is 0 Å². The van der Waals surface area contributed by atoms with Gasteiger partial charge in [-0.2, -0.15) is 0 Å². The van der Waals surface area contributed by atoms with Gasteiger partial charge in [0.15, 0.2) is 0 Å². The summed E-state index contributed by atoms with van der Waals surface area (Å²) < 4.78 is 0. The molecule has 3 aromatic rings. The van der Waals surface area contributed by atoms with Gasteiger partial charge < -0.3 is 20.9 Å². The molecule has 0 bridgehead atoms. The Balaban J connectivity index is 1.34. The van der Waals surface area contributed by atoms with E-state index in [-0.39, 0.29) is 18.2 Å². The SMILES string of the molecule is CC(=O)N1CCN(c2ccc(NC(=O)Cc3cnc(-c4ccnc(C)c4)c(N)c3)nc2)CC1. The summed E-state index contributed by atoms with van der Waals surface area (Å²) in [5.74, 6) is 0.389. The first-order valence-electron chi connectivity index (χ1n) is 10.8. The average molecular weight is 446 g/mol. The molecule has 170 valence electrons. The monoisotopic (exact) mass is 445 g/mol. The van der Waals surface area contributed by atoms with Gasteiger partial charge in [0.05, 0.1) is 29.7 Å². The number of nitrogens with zero attached hydrogens (tertiary/aromatic N) is 5. The number of anilines is 3.